The molecule has 0 aromatic carbocycles. The Morgan fingerprint density at radius 1 is 1.28 bits per heavy atom. The van der Waals surface area contributed by atoms with E-state index in [0.29, 0.717) is 12.5 Å². The van der Waals surface area contributed by atoms with Crippen LogP contribution in [0.25, 0.3) is 0 Å². The van der Waals surface area contributed by atoms with Gasteiger partial charge in [0.05, 0.1) is 12.1 Å². The average Bonchev–Trinajstić information content (AvgIpc) is 3.22. The highest BCUT2D eigenvalue weighted by atomic mass is 16.5. The van der Waals surface area contributed by atoms with Gasteiger partial charge < -0.3 is 19.9 Å². The van der Waals surface area contributed by atoms with E-state index in [9.17, 15) is 4.79 Å². The van der Waals surface area contributed by atoms with Gasteiger partial charge in [-0.15, -0.1) is 0 Å². The van der Waals surface area contributed by atoms with Crippen molar-refractivity contribution in [1.29, 1.82) is 0 Å². The van der Waals surface area contributed by atoms with Crippen molar-refractivity contribution in [2.75, 3.05) is 6.61 Å². The molecule has 1 aliphatic heterocycles. The van der Waals surface area contributed by atoms with Crippen molar-refractivity contribution in [2.24, 2.45) is 13.0 Å². The molecule has 2 amide bonds. The van der Waals surface area contributed by atoms with Crippen LogP contribution in [-0.2, 0) is 11.8 Å². The van der Waals surface area contributed by atoms with Crippen LogP contribution in [0.4, 0.5) is 4.79 Å². The number of hydrogen-bond donors (Lipinski definition) is 2. The van der Waals surface area contributed by atoms with E-state index in [2.05, 4.69) is 20.6 Å². The molecule has 2 aromatic rings. The molecule has 3 atom stereocenters. The predicted molar refractivity (Wildman–Crippen MR) is 91.7 cm³/mol. The van der Waals surface area contributed by atoms with Crippen molar-refractivity contribution in [3.05, 3.63) is 48.3 Å². The lowest BCUT2D eigenvalue weighted by atomic mass is 10.0. The zero-order valence-corrected chi connectivity index (χ0v) is 14.3. The van der Waals surface area contributed by atoms with Gasteiger partial charge in [-0.25, -0.2) is 9.78 Å². The van der Waals surface area contributed by atoms with Crippen molar-refractivity contribution in [2.45, 2.75) is 37.5 Å². The SMILES string of the molecule is Cn1ccnc1C(NC(=O)N[C@@H]1CCO[C@H]1c1ccncc1)C1CC1. The highest BCUT2D eigenvalue weighted by Gasteiger charge is 2.37. The fourth-order valence-electron chi connectivity index (χ4n) is 3.47. The first-order valence-corrected chi connectivity index (χ1v) is 8.78. The predicted octanol–water partition coefficient (Wildman–Crippen LogP) is 2.10. The van der Waals surface area contributed by atoms with Gasteiger partial charge >= 0.3 is 6.03 Å². The van der Waals surface area contributed by atoms with E-state index in [1.165, 1.54) is 0 Å². The molecule has 0 spiro atoms. The standard InChI is InChI=1S/C18H23N5O2/c1-23-10-9-20-17(23)15(12-2-3-12)22-18(24)21-14-6-11-25-16(14)13-4-7-19-8-5-13/h4-5,7-10,12,14-16H,2-3,6,11H2,1H3,(H2,21,22,24)/t14-,15?,16+/m1/s1. The van der Waals surface area contributed by atoms with E-state index in [-0.39, 0.29) is 24.2 Å². The van der Waals surface area contributed by atoms with Gasteiger partial charge in [0.25, 0.3) is 0 Å². The lowest BCUT2D eigenvalue weighted by molar-refractivity contribution is 0.0997. The second-order valence-corrected chi connectivity index (χ2v) is 6.80. The van der Waals surface area contributed by atoms with Crippen molar-refractivity contribution in [1.82, 2.24) is 25.2 Å². The summed E-state index contributed by atoms with van der Waals surface area (Å²) in [5, 5.41) is 6.21. The van der Waals surface area contributed by atoms with Gasteiger partial charge in [-0.3, -0.25) is 4.98 Å². The number of carbonyl (C=O) groups excluding carboxylic acids is 1. The van der Waals surface area contributed by atoms with Gasteiger partial charge in [-0.2, -0.15) is 0 Å². The molecule has 2 fully saturated rings. The molecule has 0 bridgehead atoms. The molecule has 4 rings (SSSR count). The Balaban J connectivity index is 1.42. The van der Waals surface area contributed by atoms with Crippen LogP contribution < -0.4 is 10.6 Å². The van der Waals surface area contributed by atoms with E-state index in [1.54, 1.807) is 18.6 Å². The molecule has 7 heteroatoms. The number of hydrogen-bond acceptors (Lipinski definition) is 4. The second kappa shape index (κ2) is 6.84. The van der Waals surface area contributed by atoms with Crippen LogP contribution in [0.2, 0.25) is 0 Å². The number of aryl methyl sites for hydroxylation is 1. The van der Waals surface area contributed by atoms with E-state index >= 15 is 0 Å². The summed E-state index contributed by atoms with van der Waals surface area (Å²) >= 11 is 0. The third-order valence-electron chi connectivity index (χ3n) is 4.96. The molecule has 1 aliphatic carbocycles. The number of nitrogens with zero attached hydrogens (tertiary/aromatic N) is 3. The molecule has 2 aromatic heterocycles. The first-order valence-electron chi connectivity index (χ1n) is 8.78. The number of nitrogens with one attached hydrogen (secondary N) is 2. The van der Waals surface area contributed by atoms with Crippen LogP contribution in [0.5, 0.6) is 0 Å². The molecule has 1 saturated heterocycles. The normalized spacial score (nSPS) is 24.0. The summed E-state index contributed by atoms with van der Waals surface area (Å²) in [6.45, 7) is 0.642. The average molecular weight is 341 g/mol. The quantitative estimate of drug-likeness (QED) is 0.873. The number of aromatic nitrogens is 3. The molecule has 132 valence electrons. The molecular formula is C18H23N5O2. The first kappa shape index (κ1) is 16.1. The summed E-state index contributed by atoms with van der Waals surface area (Å²) in [6, 6.07) is 3.63. The number of imidazole rings is 1. The third-order valence-corrected chi connectivity index (χ3v) is 4.96. The van der Waals surface area contributed by atoms with Crippen LogP contribution in [0.1, 0.15) is 42.8 Å². The van der Waals surface area contributed by atoms with Crippen LogP contribution in [-0.4, -0.2) is 33.2 Å². The minimum Gasteiger partial charge on any atom is -0.371 e. The molecule has 2 N–H and O–H groups in total. The fourth-order valence-corrected chi connectivity index (χ4v) is 3.47. The Bertz CT molecular complexity index is 728. The maximum absolute atomic E-state index is 12.6. The van der Waals surface area contributed by atoms with E-state index < -0.39 is 0 Å². The summed E-state index contributed by atoms with van der Waals surface area (Å²) in [7, 11) is 1.96. The number of amides is 2. The van der Waals surface area contributed by atoms with Gasteiger partial charge in [-0.05, 0) is 42.9 Å². The van der Waals surface area contributed by atoms with E-state index in [1.807, 2.05) is 29.9 Å². The Hall–Kier alpha value is -2.41. The first-order chi connectivity index (χ1) is 12.2. The minimum absolute atomic E-state index is 0.0383. The van der Waals surface area contributed by atoms with E-state index in [0.717, 1.165) is 30.7 Å². The second-order valence-electron chi connectivity index (χ2n) is 6.80. The smallest absolute Gasteiger partial charge is 0.315 e. The van der Waals surface area contributed by atoms with Crippen molar-refractivity contribution >= 4 is 6.03 Å². The highest BCUT2D eigenvalue weighted by Crippen LogP contribution is 2.40. The lowest BCUT2D eigenvalue weighted by Crippen LogP contribution is -2.45. The molecule has 3 heterocycles. The lowest BCUT2D eigenvalue weighted by Gasteiger charge is -2.23. The van der Waals surface area contributed by atoms with Crippen LogP contribution in [0.15, 0.2) is 36.9 Å². The Morgan fingerprint density at radius 2 is 2.08 bits per heavy atom. The number of ether oxygens (including phenoxy) is 1. The molecule has 2 aliphatic rings. The van der Waals surface area contributed by atoms with Crippen LogP contribution >= 0.6 is 0 Å². The number of rotatable bonds is 5. The topological polar surface area (TPSA) is 81.1 Å². The maximum Gasteiger partial charge on any atom is 0.315 e. The summed E-state index contributed by atoms with van der Waals surface area (Å²) in [5.41, 5.74) is 1.04. The molecule has 7 nitrogen and oxygen atoms in total. The third kappa shape index (κ3) is 3.51. The maximum atomic E-state index is 12.6. The molecule has 1 saturated carbocycles. The summed E-state index contributed by atoms with van der Waals surface area (Å²) in [6.07, 6.45) is 10.1. The zero-order valence-electron chi connectivity index (χ0n) is 14.3. The van der Waals surface area contributed by atoms with Crippen molar-refractivity contribution in [3.63, 3.8) is 0 Å². The number of carbonyl (C=O) groups is 1. The van der Waals surface area contributed by atoms with Gasteiger partial charge in [0, 0.05) is 38.4 Å². The minimum atomic E-state index is -0.158. The van der Waals surface area contributed by atoms with Gasteiger partial charge in [-0.1, -0.05) is 0 Å². The largest absolute Gasteiger partial charge is 0.371 e. The van der Waals surface area contributed by atoms with Crippen molar-refractivity contribution < 1.29 is 9.53 Å². The molecular weight excluding hydrogens is 318 g/mol. The monoisotopic (exact) mass is 341 g/mol. The molecule has 0 radical (unpaired) electrons. The van der Waals surface area contributed by atoms with Crippen LogP contribution in [0.3, 0.4) is 0 Å². The highest BCUT2D eigenvalue weighted by molar-refractivity contribution is 5.75. The van der Waals surface area contributed by atoms with Gasteiger partial charge in [0.1, 0.15) is 11.9 Å². The Morgan fingerprint density at radius 3 is 2.76 bits per heavy atom. The Kier molecular flexibility index (Phi) is 4.40. The van der Waals surface area contributed by atoms with Crippen molar-refractivity contribution in [3.8, 4) is 0 Å². The van der Waals surface area contributed by atoms with Gasteiger partial charge in [0.2, 0.25) is 0 Å². The number of urea groups is 1. The Labute approximate surface area is 146 Å². The van der Waals surface area contributed by atoms with Crippen LogP contribution in [0, 0.1) is 5.92 Å². The zero-order chi connectivity index (χ0) is 17.2. The van der Waals surface area contributed by atoms with E-state index in [4.69, 9.17) is 4.74 Å². The van der Waals surface area contributed by atoms with Gasteiger partial charge in [0.15, 0.2) is 0 Å². The molecule has 25 heavy (non-hydrogen) atoms. The summed E-state index contributed by atoms with van der Waals surface area (Å²) in [5.74, 6) is 1.38. The molecule has 1 unspecified atom stereocenters. The summed E-state index contributed by atoms with van der Waals surface area (Å²) < 4.78 is 7.80. The summed E-state index contributed by atoms with van der Waals surface area (Å²) in [4.78, 5) is 21.1. The fraction of sp³-hybridized carbons (Fsp3) is 0.500. The number of pyridine rings is 1.